The largest absolute Gasteiger partial charge is 0.384 e. The van der Waals surface area contributed by atoms with Crippen molar-refractivity contribution in [3.63, 3.8) is 0 Å². The first-order chi connectivity index (χ1) is 14.1. The molecule has 0 aliphatic heterocycles. The molecule has 0 saturated carbocycles. The van der Waals surface area contributed by atoms with Crippen LogP contribution in [0.5, 0.6) is 0 Å². The van der Waals surface area contributed by atoms with Crippen LogP contribution in [0.4, 0.5) is 79.0 Å². The molecule has 0 saturated heterocycles. The molecular weight excluding hydrogens is 554 g/mol. The predicted octanol–water partition coefficient (Wildman–Crippen LogP) is 5.26. The van der Waals surface area contributed by atoms with Crippen LogP contribution in [0.2, 0.25) is 0 Å². The first kappa shape index (κ1) is 31.6. The summed E-state index contributed by atoms with van der Waals surface area (Å²) in [5, 5.41) is 0. The van der Waals surface area contributed by atoms with Crippen molar-refractivity contribution in [3.05, 3.63) is 0 Å². The molecule has 0 aromatic carbocycles. The second-order valence-electron chi connectivity index (χ2n) is 6.00. The summed E-state index contributed by atoms with van der Waals surface area (Å²) >= 11 is 0. The molecule has 0 amide bonds. The Morgan fingerprint density at radius 3 is 1.09 bits per heavy atom. The maximum absolute atomic E-state index is 13.4. The van der Waals surface area contributed by atoms with Crippen LogP contribution < -0.4 is 0 Å². The van der Waals surface area contributed by atoms with Crippen molar-refractivity contribution in [2.24, 2.45) is 0 Å². The molecule has 0 aromatic heterocycles. The first-order valence-corrected chi connectivity index (χ1v) is 8.66. The van der Waals surface area contributed by atoms with Crippen LogP contribution in [0.15, 0.2) is 0 Å². The van der Waals surface area contributed by atoms with E-state index in [1.165, 1.54) is 0 Å². The second kappa shape index (κ2) is 8.70. The summed E-state index contributed by atoms with van der Waals surface area (Å²) in [7, 11) is -7.19. The van der Waals surface area contributed by atoms with Crippen molar-refractivity contribution in [3.8, 4) is 0 Å². The highest BCUT2D eigenvalue weighted by atomic mass is 32.2. The summed E-state index contributed by atoms with van der Waals surface area (Å²) < 4.78 is 263. The van der Waals surface area contributed by atoms with E-state index in [2.05, 4.69) is 0 Å². The fourth-order valence-electron chi connectivity index (χ4n) is 1.82. The fraction of sp³-hybridized carbons (Fsp3) is 1.00. The lowest BCUT2D eigenvalue weighted by Crippen LogP contribution is -2.73. The number of alkyl halides is 18. The highest BCUT2D eigenvalue weighted by Gasteiger charge is 2.92. The van der Waals surface area contributed by atoms with Gasteiger partial charge in [-0.15, -0.1) is 0 Å². The van der Waals surface area contributed by atoms with Gasteiger partial charge in [-0.05, 0) is 0 Å². The van der Waals surface area contributed by atoms with Gasteiger partial charge >= 0.3 is 45.7 Å². The van der Waals surface area contributed by atoms with Crippen LogP contribution in [-0.2, 0) is 10.1 Å². The molecule has 4 unspecified atom stereocenters. The van der Waals surface area contributed by atoms with Crippen LogP contribution >= 0.6 is 0 Å². The Morgan fingerprint density at radius 2 is 0.818 bits per heavy atom. The minimum atomic E-state index is -8.68. The number of hydrogen-bond acceptors (Lipinski definition) is 2. The number of rotatable bonds is 11. The fourth-order valence-corrected chi connectivity index (χ4v) is 2.34. The quantitative estimate of drug-likeness (QED) is 0.277. The van der Waals surface area contributed by atoms with Crippen molar-refractivity contribution in [1.82, 2.24) is 0 Å². The molecule has 0 aliphatic carbocycles. The molecule has 3 nitrogen and oxygen atoms in total. The Hall–Kier alpha value is -1.35. The van der Waals surface area contributed by atoms with E-state index >= 15 is 0 Å². The summed E-state index contributed by atoms with van der Waals surface area (Å²) in [6.45, 7) is 0. The summed E-state index contributed by atoms with van der Waals surface area (Å²) in [5.41, 5.74) is -5.96. The van der Waals surface area contributed by atoms with E-state index in [0.717, 1.165) is 0 Å². The van der Waals surface area contributed by atoms with Gasteiger partial charge in [0.25, 0.3) is 11.9 Å². The van der Waals surface area contributed by atoms with E-state index in [1.807, 2.05) is 0 Å². The third-order valence-electron chi connectivity index (χ3n) is 3.74. The summed E-state index contributed by atoms with van der Waals surface area (Å²) in [4.78, 5) is 0. The Balaban J connectivity index is 6.68. The van der Waals surface area contributed by atoms with Crippen molar-refractivity contribution < 1.29 is 92.0 Å². The minimum Gasteiger partial charge on any atom is -0.283 e. The van der Waals surface area contributed by atoms with E-state index in [0.29, 0.717) is 0 Å². The molecule has 0 aliphatic rings. The Kier molecular flexibility index (Phi) is 8.34. The maximum Gasteiger partial charge on any atom is 0.384 e. The van der Waals surface area contributed by atoms with Gasteiger partial charge in [0.1, 0.15) is 0 Å². The monoisotopic (exact) mass is 560 g/mol. The molecule has 0 rings (SSSR count). The third kappa shape index (κ3) is 4.64. The lowest BCUT2D eigenvalue weighted by Gasteiger charge is -2.42. The number of hydrogen-bond donors (Lipinski definition) is 1. The van der Waals surface area contributed by atoms with Gasteiger partial charge in [-0.2, -0.15) is 61.1 Å². The first-order valence-electron chi connectivity index (χ1n) is 7.16. The normalized spacial score (nSPS) is 19.4. The highest BCUT2D eigenvalue weighted by molar-refractivity contribution is 7.86. The standard InChI is InChI=1S/C11H6F18O3S/c12-1(2(13)4(15)16)3(14)6(18,19)8(22,23)10(26,27)11(28,29)9(24,25)7(20,21)5(17)33(30,31)32/h1-5H,(H,30,31,32). The zero-order chi connectivity index (χ0) is 27.4. The van der Waals surface area contributed by atoms with Gasteiger partial charge < -0.3 is 0 Å². The lowest BCUT2D eigenvalue weighted by atomic mass is 9.88. The predicted molar refractivity (Wildman–Crippen MR) is 66.8 cm³/mol. The Morgan fingerprint density at radius 1 is 0.515 bits per heavy atom. The summed E-state index contributed by atoms with van der Waals surface area (Å²) in [5.74, 6) is -49.8. The van der Waals surface area contributed by atoms with E-state index in [4.69, 9.17) is 4.55 Å². The van der Waals surface area contributed by atoms with Gasteiger partial charge in [0.2, 0.25) is 6.17 Å². The topological polar surface area (TPSA) is 54.4 Å². The van der Waals surface area contributed by atoms with E-state index in [9.17, 15) is 87.4 Å². The van der Waals surface area contributed by atoms with Gasteiger partial charge in [0.15, 0.2) is 12.3 Å². The smallest absolute Gasteiger partial charge is 0.283 e. The van der Waals surface area contributed by atoms with Gasteiger partial charge in [-0.1, -0.05) is 0 Å². The second-order valence-corrected chi connectivity index (χ2v) is 7.44. The molecule has 33 heavy (non-hydrogen) atoms. The Labute approximate surface area is 169 Å². The van der Waals surface area contributed by atoms with Crippen molar-refractivity contribution in [2.45, 2.75) is 66.0 Å². The third-order valence-corrected chi connectivity index (χ3v) is 4.56. The SMILES string of the molecule is O=S(=O)(O)C(F)C(F)(F)C(F)(F)C(F)(F)C(F)(F)C(F)(F)C(F)(F)C(F)C(F)C(F)C(F)F. The molecule has 0 fully saturated rings. The summed E-state index contributed by atoms with van der Waals surface area (Å²) in [6.07, 6.45) is -20.7. The maximum atomic E-state index is 13.4. The molecule has 0 bridgehead atoms. The average molecular weight is 560 g/mol. The number of halogens is 18. The average Bonchev–Trinajstić information content (AvgIpc) is 2.63. The Bertz CT molecular complexity index is 794. The van der Waals surface area contributed by atoms with E-state index in [1.54, 1.807) is 0 Å². The molecule has 200 valence electrons. The van der Waals surface area contributed by atoms with Gasteiger partial charge in [0, 0.05) is 0 Å². The van der Waals surface area contributed by atoms with Gasteiger partial charge in [-0.25, -0.2) is 26.3 Å². The zero-order valence-electron chi connectivity index (χ0n) is 14.4. The van der Waals surface area contributed by atoms with Crippen LogP contribution in [0.1, 0.15) is 0 Å². The molecule has 1 N–H and O–H groups in total. The molecule has 0 aromatic rings. The highest BCUT2D eigenvalue weighted by Crippen LogP contribution is 2.61. The van der Waals surface area contributed by atoms with Crippen LogP contribution in [0, 0.1) is 0 Å². The molecule has 0 heterocycles. The lowest BCUT2D eigenvalue weighted by molar-refractivity contribution is -0.432. The van der Waals surface area contributed by atoms with Crippen molar-refractivity contribution in [2.75, 3.05) is 0 Å². The van der Waals surface area contributed by atoms with Crippen LogP contribution in [-0.4, -0.2) is 78.9 Å². The molecule has 4 atom stereocenters. The molecule has 0 spiro atoms. The van der Waals surface area contributed by atoms with Crippen molar-refractivity contribution in [1.29, 1.82) is 0 Å². The molecular formula is C11H6F18O3S. The summed E-state index contributed by atoms with van der Waals surface area (Å²) in [6, 6.07) is 0. The minimum absolute atomic E-state index is 4.80. The van der Waals surface area contributed by atoms with E-state index < -0.39 is 76.1 Å². The van der Waals surface area contributed by atoms with Crippen LogP contribution in [0.3, 0.4) is 0 Å². The molecule has 0 radical (unpaired) electrons. The van der Waals surface area contributed by atoms with Gasteiger partial charge in [0.05, 0.1) is 0 Å². The van der Waals surface area contributed by atoms with Crippen LogP contribution in [0.25, 0.3) is 0 Å². The molecule has 22 heteroatoms. The van der Waals surface area contributed by atoms with E-state index in [-0.39, 0.29) is 0 Å². The zero-order valence-corrected chi connectivity index (χ0v) is 15.2. The van der Waals surface area contributed by atoms with Crippen molar-refractivity contribution >= 4 is 10.1 Å². The van der Waals surface area contributed by atoms with Gasteiger partial charge in [-0.3, -0.25) is 4.55 Å².